The van der Waals surface area contributed by atoms with Crippen molar-refractivity contribution in [3.63, 3.8) is 0 Å². The van der Waals surface area contributed by atoms with Crippen LogP contribution < -0.4 is 10.1 Å². The minimum Gasteiger partial charge on any atom is -0.484 e. The lowest BCUT2D eigenvalue weighted by Crippen LogP contribution is -2.42. The van der Waals surface area contributed by atoms with Crippen LogP contribution in [0.1, 0.15) is 12.5 Å². The van der Waals surface area contributed by atoms with Crippen LogP contribution >= 0.6 is 0 Å². The van der Waals surface area contributed by atoms with Gasteiger partial charge in [-0.15, -0.1) is 0 Å². The van der Waals surface area contributed by atoms with Crippen LogP contribution in [0.2, 0.25) is 0 Å². The van der Waals surface area contributed by atoms with E-state index in [9.17, 15) is 4.79 Å². The van der Waals surface area contributed by atoms with E-state index in [1.165, 1.54) is 7.11 Å². The Kier molecular flexibility index (Phi) is 6.92. The number of rotatable bonds is 8. The van der Waals surface area contributed by atoms with E-state index < -0.39 is 6.04 Å². The molecule has 19 heavy (non-hydrogen) atoms. The first kappa shape index (κ1) is 15.5. The van der Waals surface area contributed by atoms with Crippen LogP contribution in [0.3, 0.4) is 0 Å². The summed E-state index contributed by atoms with van der Waals surface area (Å²) in [6.07, 6.45) is 0.920. The number of ether oxygens (including phenoxy) is 2. The second-order valence-corrected chi connectivity index (χ2v) is 4.19. The fourth-order valence-corrected chi connectivity index (χ4v) is 1.61. The molecule has 0 saturated heterocycles. The van der Waals surface area contributed by atoms with Crippen LogP contribution in [0.5, 0.6) is 5.75 Å². The number of aryl methyl sites for hydroxylation is 1. The molecule has 0 saturated carbocycles. The van der Waals surface area contributed by atoms with Gasteiger partial charge in [0.25, 0.3) is 5.91 Å². The Morgan fingerprint density at radius 3 is 2.89 bits per heavy atom. The quantitative estimate of drug-likeness (QED) is 0.729. The SMILES string of the molecule is CCc1cccc(OCC(=O)NC(CO)COC)c1. The maximum Gasteiger partial charge on any atom is 0.258 e. The molecule has 0 aliphatic carbocycles. The molecule has 0 aromatic heterocycles. The van der Waals surface area contributed by atoms with Gasteiger partial charge in [-0.25, -0.2) is 0 Å². The van der Waals surface area contributed by atoms with E-state index in [0.29, 0.717) is 5.75 Å². The zero-order valence-corrected chi connectivity index (χ0v) is 11.4. The molecule has 1 unspecified atom stereocenters. The van der Waals surface area contributed by atoms with Crippen LogP contribution in [0.25, 0.3) is 0 Å². The molecule has 0 heterocycles. The largest absolute Gasteiger partial charge is 0.484 e. The normalized spacial score (nSPS) is 11.9. The van der Waals surface area contributed by atoms with Gasteiger partial charge in [0, 0.05) is 7.11 Å². The topological polar surface area (TPSA) is 67.8 Å². The van der Waals surface area contributed by atoms with Crippen LogP contribution in [-0.2, 0) is 16.0 Å². The van der Waals surface area contributed by atoms with Crippen molar-refractivity contribution in [3.8, 4) is 5.75 Å². The summed E-state index contributed by atoms with van der Waals surface area (Å²) in [5, 5.41) is 11.7. The van der Waals surface area contributed by atoms with Gasteiger partial charge >= 0.3 is 0 Å². The molecule has 0 radical (unpaired) electrons. The molecular weight excluding hydrogens is 246 g/mol. The first-order valence-corrected chi connectivity index (χ1v) is 6.30. The average molecular weight is 267 g/mol. The van der Waals surface area contributed by atoms with Crippen molar-refractivity contribution in [1.82, 2.24) is 5.32 Å². The summed E-state index contributed by atoms with van der Waals surface area (Å²) in [5.41, 5.74) is 1.16. The van der Waals surface area contributed by atoms with Crippen molar-refractivity contribution < 1.29 is 19.4 Å². The molecular formula is C14H21NO4. The Bertz CT molecular complexity index is 395. The summed E-state index contributed by atoms with van der Waals surface area (Å²) < 4.78 is 10.3. The van der Waals surface area contributed by atoms with Gasteiger partial charge in [-0.1, -0.05) is 19.1 Å². The lowest BCUT2D eigenvalue weighted by atomic mass is 10.2. The highest BCUT2D eigenvalue weighted by Gasteiger charge is 2.11. The summed E-state index contributed by atoms with van der Waals surface area (Å²) in [5.74, 6) is 0.389. The minimum absolute atomic E-state index is 0.0760. The average Bonchev–Trinajstić information content (AvgIpc) is 2.45. The number of aliphatic hydroxyl groups is 1. The summed E-state index contributed by atoms with van der Waals surface area (Å²) in [6, 6.07) is 7.22. The van der Waals surface area contributed by atoms with E-state index in [4.69, 9.17) is 14.6 Å². The van der Waals surface area contributed by atoms with E-state index in [1.807, 2.05) is 24.3 Å². The number of aliphatic hydroxyl groups excluding tert-OH is 1. The predicted molar refractivity (Wildman–Crippen MR) is 72.2 cm³/mol. The van der Waals surface area contributed by atoms with Gasteiger partial charge in [-0.3, -0.25) is 4.79 Å². The monoisotopic (exact) mass is 267 g/mol. The molecule has 0 aliphatic heterocycles. The van der Waals surface area contributed by atoms with Gasteiger partial charge in [-0.2, -0.15) is 0 Å². The molecule has 1 amide bonds. The molecule has 1 rings (SSSR count). The Hall–Kier alpha value is -1.59. The second-order valence-electron chi connectivity index (χ2n) is 4.19. The fraction of sp³-hybridized carbons (Fsp3) is 0.500. The summed E-state index contributed by atoms with van der Waals surface area (Å²) in [7, 11) is 1.52. The van der Waals surface area contributed by atoms with Crippen molar-refractivity contribution in [2.24, 2.45) is 0 Å². The molecule has 1 aromatic carbocycles. The van der Waals surface area contributed by atoms with Crippen molar-refractivity contribution in [2.45, 2.75) is 19.4 Å². The standard InChI is InChI=1S/C14H21NO4/c1-3-11-5-4-6-13(7-11)19-10-14(17)15-12(8-16)9-18-2/h4-7,12,16H,3,8-10H2,1-2H3,(H,15,17). The zero-order chi connectivity index (χ0) is 14.1. The lowest BCUT2D eigenvalue weighted by Gasteiger charge is -2.15. The van der Waals surface area contributed by atoms with Crippen molar-refractivity contribution in [1.29, 1.82) is 0 Å². The van der Waals surface area contributed by atoms with Crippen LogP contribution in [-0.4, -0.2) is 44.0 Å². The summed E-state index contributed by atoms with van der Waals surface area (Å²) in [4.78, 5) is 11.6. The highest BCUT2D eigenvalue weighted by Crippen LogP contribution is 2.13. The van der Waals surface area contributed by atoms with E-state index in [-0.39, 0.29) is 25.7 Å². The number of hydrogen-bond acceptors (Lipinski definition) is 4. The van der Waals surface area contributed by atoms with Crippen LogP contribution in [0.4, 0.5) is 0 Å². The number of amides is 1. The zero-order valence-electron chi connectivity index (χ0n) is 11.4. The Morgan fingerprint density at radius 1 is 1.47 bits per heavy atom. The fourth-order valence-electron chi connectivity index (χ4n) is 1.61. The van der Waals surface area contributed by atoms with Crippen molar-refractivity contribution in [2.75, 3.05) is 26.9 Å². The van der Waals surface area contributed by atoms with E-state index in [0.717, 1.165) is 12.0 Å². The van der Waals surface area contributed by atoms with E-state index in [1.54, 1.807) is 0 Å². The molecule has 5 heteroatoms. The molecule has 2 N–H and O–H groups in total. The molecule has 1 atom stereocenters. The first-order chi connectivity index (χ1) is 9.19. The Balaban J connectivity index is 2.40. The molecule has 0 aliphatic rings. The van der Waals surface area contributed by atoms with Gasteiger partial charge in [-0.05, 0) is 24.1 Å². The van der Waals surface area contributed by atoms with Crippen molar-refractivity contribution in [3.05, 3.63) is 29.8 Å². The Morgan fingerprint density at radius 2 is 2.26 bits per heavy atom. The minimum atomic E-state index is -0.400. The molecule has 0 spiro atoms. The number of methoxy groups -OCH3 is 1. The maximum absolute atomic E-state index is 11.6. The van der Waals surface area contributed by atoms with Gasteiger partial charge in [0.05, 0.1) is 19.3 Å². The number of carbonyl (C=O) groups is 1. The van der Waals surface area contributed by atoms with E-state index >= 15 is 0 Å². The van der Waals surface area contributed by atoms with Gasteiger partial charge in [0.15, 0.2) is 6.61 Å². The first-order valence-electron chi connectivity index (χ1n) is 6.30. The predicted octanol–water partition coefficient (Wildman–Crippen LogP) is 0.751. The summed E-state index contributed by atoms with van der Waals surface area (Å²) >= 11 is 0. The smallest absolute Gasteiger partial charge is 0.258 e. The van der Waals surface area contributed by atoms with Crippen molar-refractivity contribution >= 4 is 5.91 Å². The third-order valence-electron chi connectivity index (χ3n) is 2.63. The second kappa shape index (κ2) is 8.50. The maximum atomic E-state index is 11.6. The third-order valence-corrected chi connectivity index (χ3v) is 2.63. The number of carbonyl (C=O) groups excluding carboxylic acids is 1. The molecule has 0 bridgehead atoms. The lowest BCUT2D eigenvalue weighted by molar-refractivity contribution is -0.124. The van der Waals surface area contributed by atoms with Crippen LogP contribution in [0.15, 0.2) is 24.3 Å². The van der Waals surface area contributed by atoms with E-state index in [2.05, 4.69) is 12.2 Å². The number of benzene rings is 1. The van der Waals surface area contributed by atoms with Gasteiger partial charge < -0.3 is 19.9 Å². The molecule has 5 nitrogen and oxygen atoms in total. The van der Waals surface area contributed by atoms with Crippen LogP contribution in [0, 0.1) is 0 Å². The number of nitrogens with one attached hydrogen (secondary N) is 1. The molecule has 1 aromatic rings. The van der Waals surface area contributed by atoms with Gasteiger partial charge in [0.1, 0.15) is 5.75 Å². The van der Waals surface area contributed by atoms with Gasteiger partial charge in [0.2, 0.25) is 0 Å². The molecule has 106 valence electrons. The highest BCUT2D eigenvalue weighted by atomic mass is 16.5. The molecule has 0 fully saturated rings. The Labute approximate surface area is 113 Å². The summed E-state index contributed by atoms with van der Waals surface area (Å²) in [6.45, 7) is 2.09. The highest BCUT2D eigenvalue weighted by molar-refractivity contribution is 5.77. The number of hydrogen-bond donors (Lipinski definition) is 2. The third kappa shape index (κ3) is 5.72.